The zero-order valence-electron chi connectivity index (χ0n) is 11.1. The largest absolute Gasteiger partial charge is 0.326 e. The van der Waals surface area contributed by atoms with Crippen LogP contribution in [0.3, 0.4) is 0 Å². The third-order valence-corrected chi connectivity index (χ3v) is 3.34. The van der Waals surface area contributed by atoms with E-state index in [1.54, 1.807) is 0 Å². The molecular formula is C14H24N2O. The molecule has 1 amide bonds. The number of hydrogen-bond donors (Lipinski definition) is 1. The number of carbonyl (C=O) groups excluding carboxylic acids is 1. The molecule has 1 rings (SSSR count). The van der Waals surface area contributed by atoms with Crippen molar-refractivity contribution in [1.29, 1.82) is 0 Å². The van der Waals surface area contributed by atoms with Crippen molar-refractivity contribution in [2.75, 3.05) is 13.1 Å². The molecule has 1 aliphatic heterocycles. The molecule has 3 heteroatoms. The molecule has 0 atom stereocenters. The van der Waals surface area contributed by atoms with Crippen molar-refractivity contribution in [2.24, 2.45) is 5.73 Å². The van der Waals surface area contributed by atoms with Crippen molar-refractivity contribution in [1.82, 2.24) is 4.90 Å². The van der Waals surface area contributed by atoms with Crippen molar-refractivity contribution in [2.45, 2.75) is 57.9 Å². The molecule has 0 aliphatic carbocycles. The molecule has 0 bridgehead atoms. The van der Waals surface area contributed by atoms with Crippen LogP contribution in [0.1, 0.15) is 52.4 Å². The van der Waals surface area contributed by atoms with Gasteiger partial charge < -0.3 is 10.6 Å². The Hall–Kier alpha value is -1.01. The first-order chi connectivity index (χ1) is 8.20. The summed E-state index contributed by atoms with van der Waals surface area (Å²) in [6, 6.07) is 0. The Bertz CT molecular complexity index is 308. The van der Waals surface area contributed by atoms with Crippen molar-refractivity contribution >= 4 is 5.91 Å². The van der Waals surface area contributed by atoms with Crippen LogP contribution in [0.15, 0.2) is 0 Å². The second kappa shape index (κ2) is 6.66. The van der Waals surface area contributed by atoms with E-state index in [4.69, 9.17) is 5.73 Å². The summed E-state index contributed by atoms with van der Waals surface area (Å²) >= 11 is 0. The molecule has 1 fully saturated rings. The molecule has 3 nitrogen and oxygen atoms in total. The van der Waals surface area contributed by atoms with Crippen LogP contribution < -0.4 is 5.73 Å². The fraction of sp³-hybridized carbons (Fsp3) is 0.786. The number of nitrogens with zero attached hydrogens (tertiary/aromatic N) is 1. The van der Waals surface area contributed by atoms with Gasteiger partial charge in [-0.3, -0.25) is 4.79 Å². The van der Waals surface area contributed by atoms with E-state index in [-0.39, 0.29) is 11.4 Å². The van der Waals surface area contributed by atoms with Crippen LogP contribution in [0.4, 0.5) is 0 Å². The lowest BCUT2D eigenvalue weighted by molar-refractivity contribution is -0.131. The van der Waals surface area contributed by atoms with Crippen molar-refractivity contribution < 1.29 is 4.79 Å². The van der Waals surface area contributed by atoms with E-state index in [1.807, 2.05) is 4.90 Å². The van der Waals surface area contributed by atoms with Gasteiger partial charge >= 0.3 is 0 Å². The predicted octanol–water partition coefficient (Wildman–Crippen LogP) is 1.91. The van der Waals surface area contributed by atoms with E-state index in [1.165, 1.54) is 0 Å². The van der Waals surface area contributed by atoms with Gasteiger partial charge in [-0.1, -0.05) is 38.5 Å². The minimum absolute atomic E-state index is 0.254. The van der Waals surface area contributed by atoms with Gasteiger partial charge in [0.05, 0.1) is 6.54 Å². The first kappa shape index (κ1) is 14.1. The van der Waals surface area contributed by atoms with E-state index in [2.05, 4.69) is 25.7 Å². The van der Waals surface area contributed by atoms with Crippen LogP contribution in [-0.2, 0) is 4.79 Å². The van der Waals surface area contributed by atoms with Gasteiger partial charge in [-0.25, -0.2) is 0 Å². The standard InChI is InChI=1S/C14H24N2O/c1-3-8-14(9-4-2,10-6-11-15)16-12-5-7-13(16)17/h3-5,7-9,11-12,15H2,1-2H3. The number of hydrogen-bond acceptors (Lipinski definition) is 2. The van der Waals surface area contributed by atoms with Gasteiger partial charge in [-0.05, 0) is 19.3 Å². The summed E-state index contributed by atoms with van der Waals surface area (Å²) in [6.45, 7) is 5.53. The van der Waals surface area contributed by atoms with E-state index in [0.717, 1.165) is 38.6 Å². The van der Waals surface area contributed by atoms with E-state index in [0.29, 0.717) is 13.0 Å². The summed E-state index contributed by atoms with van der Waals surface area (Å²) in [5, 5.41) is 0. The van der Waals surface area contributed by atoms with Crippen LogP contribution in [0.2, 0.25) is 0 Å². The fourth-order valence-electron chi connectivity index (χ4n) is 2.73. The van der Waals surface area contributed by atoms with Crippen molar-refractivity contribution in [3.8, 4) is 11.8 Å². The first-order valence-corrected chi connectivity index (χ1v) is 6.70. The Morgan fingerprint density at radius 3 is 2.41 bits per heavy atom. The number of carbonyl (C=O) groups is 1. The molecule has 1 aliphatic rings. The second-order valence-electron chi connectivity index (χ2n) is 4.69. The van der Waals surface area contributed by atoms with Crippen LogP contribution in [-0.4, -0.2) is 29.4 Å². The van der Waals surface area contributed by atoms with Gasteiger partial charge in [0.25, 0.3) is 0 Å². The average molecular weight is 236 g/mol. The topological polar surface area (TPSA) is 46.3 Å². The van der Waals surface area contributed by atoms with E-state index in [9.17, 15) is 4.79 Å². The highest BCUT2D eigenvalue weighted by atomic mass is 16.2. The minimum atomic E-state index is -0.254. The maximum atomic E-state index is 12.0. The molecule has 0 aromatic heterocycles. The number of rotatable bonds is 5. The highest BCUT2D eigenvalue weighted by Crippen LogP contribution is 2.31. The Labute approximate surface area is 105 Å². The Balaban J connectivity index is 2.99. The normalized spacial score (nSPS) is 15.9. The second-order valence-corrected chi connectivity index (χ2v) is 4.69. The van der Waals surface area contributed by atoms with Gasteiger partial charge in [0.1, 0.15) is 5.54 Å². The van der Waals surface area contributed by atoms with Crippen LogP contribution >= 0.6 is 0 Å². The molecule has 2 N–H and O–H groups in total. The van der Waals surface area contributed by atoms with Crippen LogP contribution in [0.5, 0.6) is 0 Å². The number of amides is 1. The Morgan fingerprint density at radius 1 is 1.35 bits per heavy atom. The Kier molecular flexibility index (Phi) is 5.50. The molecule has 96 valence electrons. The van der Waals surface area contributed by atoms with Gasteiger partial charge in [-0.15, -0.1) is 0 Å². The molecule has 0 unspecified atom stereocenters. The number of nitrogens with two attached hydrogens (primary N) is 1. The summed E-state index contributed by atoms with van der Waals surface area (Å²) in [6.07, 6.45) is 5.66. The van der Waals surface area contributed by atoms with Gasteiger partial charge in [0, 0.05) is 13.0 Å². The summed E-state index contributed by atoms with van der Waals surface area (Å²) in [5.41, 5.74) is 5.23. The third kappa shape index (κ3) is 3.23. The van der Waals surface area contributed by atoms with Crippen molar-refractivity contribution in [3.05, 3.63) is 0 Å². The summed E-state index contributed by atoms with van der Waals surface area (Å²) in [7, 11) is 0. The zero-order chi connectivity index (χ0) is 12.7. The first-order valence-electron chi connectivity index (χ1n) is 6.70. The quantitative estimate of drug-likeness (QED) is 0.741. The lowest BCUT2D eigenvalue weighted by Crippen LogP contribution is -2.48. The summed E-state index contributed by atoms with van der Waals surface area (Å²) in [4.78, 5) is 14.0. The summed E-state index contributed by atoms with van der Waals surface area (Å²) in [5.74, 6) is 6.54. The van der Waals surface area contributed by atoms with Gasteiger partial charge in [0.15, 0.2) is 0 Å². The molecule has 0 aromatic rings. The van der Waals surface area contributed by atoms with Crippen LogP contribution in [0, 0.1) is 11.8 Å². The fourth-order valence-corrected chi connectivity index (χ4v) is 2.73. The number of likely N-dealkylation sites (tertiary alicyclic amines) is 1. The molecule has 0 aromatic carbocycles. The molecular weight excluding hydrogens is 212 g/mol. The van der Waals surface area contributed by atoms with Gasteiger partial charge in [-0.2, -0.15) is 0 Å². The third-order valence-electron chi connectivity index (χ3n) is 3.34. The summed E-state index contributed by atoms with van der Waals surface area (Å²) < 4.78 is 0. The monoisotopic (exact) mass is 236 g/mol. The molecule has 0 saturated carbocycles. The highest BCUT2D eigenvalue weighted by Gasteiger charge is 2.38. The molecule has 0 radical (unpaired) electrons. The average Bonchev–Trinajstić information content (AvgIpc) is 2.73. The zero-order valence-corrected chi connectivity index (χ0v) is 11.1. The maximum absolute atomic E-state index is 12.0. The van der Waals surface area contributed by atoms with Crippen molar-refractivity contribution in [3.63, 3.8) is 0 Å². The molecule has 1 saturated heterocycles. The maximum Gasteiger partial charge on any atom is 0.223 e. The molecule has 17 heavy (non-hydrogen) atoms. The Morgan fingerprint density at radius 2 is 2.00 bits per heavy atom. The smallest absolute Gasteiger partial charge is 0.223 e. The van der Waals surface area contributed by atoms with Crippen LogP contribution in [0.25, 0.3) is 0 Å². The molecule has 0 spiro atoms. The van der Waals surface area contributed by atoms with E-state index >= 15 is 0 Å². The lowest BCUT2D eigenvalue weighted by Gasteiger charge is -2.38. The van der Waals surface area contributed by atoms with E-state index < -0.39 is 0 Å². The minimum Gasteiger partial charge on any atom is -0.326 e. The lowest BCUT2D eigenvalue weighted by atomic mass is 9.87. The highest BCUT2D eigenvalue weighted by molar-refractivity contribution is 5.79. The predicted molar refractivity (Wildman–Crippen MR) is 70.3 cm³/mol. The SMILES string of the molecule is CCCC(C#CCN)(CCC)N1CCCC1=O. The molecule has 1 heterocycles. The van der Waals surface area contributed by atoms with Gasteiger partial charge in [0.2, 0.25) is 5.91 Å².